The minimum absolute atomic E-state index is 0.0492. The fraction of sp³-hybridized carbons (Fsp3) is 0.308. The van der Waals surface area contributed by atoms with Crippen molar-refractivity contribution < 1.29 is 19.4 Å². The second-order valence-electron chi connectivity index (χ2n) is 3.75. The summed E-state index contributed by atoms with van der Waals surface area (Å²) in [5.74, 6) is 0.589. The van der Waals surface area contributed by atoms with Gasteiger partial charge in [-0.15, -0.1) is 0 Å². The van der Waals surface area contributed by atoms with Gasteiger partial charge in [0.25, 0.3) is 0 Å². The van der Waals surface area contributed by atoms with E-state index < -0.39 is 5.97 Å². The van der Waals surface area contributed by atoms with Crippen molar-refractivity contribution in [3.63, 3.8) is 0 Å². The molecule has 0 aliphatic carbocycles. The molecule has 1 unspecified atom stereocenters. The number of rotatable bonds is 5. The van der Waals surface area contributed by atoms with Crippen LogP contribution in [-0.4, -0.2) is 23.8 Å². The molecule has 1 rings (SSSR count). The van der Waals surface area contributed by atoms with Crippen LogP contribution in [0.25, 0.3) is 0 Å². The van der Waals surface area contributed by atoms with Crippen LogP contribution < -0.4 is 9.47 Å². The fourth-order valence-electron chi connectivity index (χ4n) is 1.05. The molecule has 0 aliphatic heterocycles. The van der Waals surface area contributed by atoms with Gasteiger partial charge in [-0.25, -0.2) is 4.79 Å². The zero-order valence-electron chi connectivity index (χ0n) is 9.97. The Morgan fingerprint density at radius 3 is 2.35 bits per heavy atom. The van der Waals surface area contributed by atoms with E-state index in [1.165, 1.54) is 0 Å². The van der Waals surface area contributed by atoms with Crippen molar-refractivity contribution in [2.75, 3.05) is 6.61 Å². The van der Waals surface area contributed by atoms with E-state index in [4.69, 9.17) is 14.6 Å². The van der Waals surface area contributed by atoms with Crippen molar-refractivity contribution in [2.45, 2.75) is 20.0 Å². The molecule has 0 saturated carbocycles. The molecule has 0 aliphatic rings. The van der Waals surface area contributed by atoms with Crippen LogP contribution in [0.4, 0.5) is 0 Å². The van der Waals surface area contributed by atoms with Gasteiger partial charge in [0, 0.05) is 5.57 Å². The first-order chi connectivity index (χ1) is 8.02. The Labute approximate surface area is 100 Å². The van der Waals surface area contributed by atoms with Gasteiger partial charge in [-0.3, -0.25) is 0 Å². The molecule has 0 radical (unpaired) electrons. The third-order valence-corrected chi connectivity index (χ3v) is 1.98. The van der Waals surface area contributed by atoms with Gasteiger partial charge in [0.15, 0.2) is 0 Å². The highest BCUT2D eigenvalue weighted by atomic mass is 16.5. The van der Waals surface area contributed by atoms with E-state index in [-0.39, 0.29) is 12.7 Å². The molecule has 4 nitrogen and oxygen atoms in total. The van der Waals surface area contributed by atoms with E-state index in [2.05, 4.69) is 6.58 Å². The van der Waals surface area contributed by atoms with Crippen LogP contribution in [0.3, 0.4) is 0 Å². The van der Waals surface area contributed by atoms with Gasteiger partial charge in [0.2, 0.25) is 0 Å². The Morgan fingerprint density at radius 1 is 1.35 bits per heavy atom. The predicted molar refractivity (Wildman–Crippen MR) is 64.1 cm³/mol. The summed E-state index contributed by atoms with van der Waals surface area (Å²) in [6.07, 6.45) is -0.265. The van der Waals surface area contributed by atoms with E-state index in [0.29, 0.717) is 17.1 Å². The van der Waals surface area contributed by atoms with E-state index >= 15 is 0 Å². The molecule has 92 valence electrons. The Morgan fingerprint density at radius 2 is 1.88 bits per heavy atom. The van der Waals surface area contributed by atoms with Gasteiger partial charge in [-0.2, -0.15) is 0 Å². The number of aliphatic hydroxyl groups excluding tert-OH is 1. The standard InChI is InChI=1S/C13H16O4/c1-9(2)13(15)17-12-6-4-11(5-7-12)16-10(3)8-14/h4-7,10,14H,1,8H2,2-3H3. The van der Waals surface area contributed by atoms with Crippen LogP contribution in [0.15, 0.2) is 36.4 Å². The first-order valence-electron chi connectivity index (χ1n) is 5.28. The fourth-order valence-corrected chi connectivity index (χ4v) is 1.05. The Kier molecular flexibility index (Phi) is 4.72. The summed E-state index contributed by atoms with van der Waals surface area (Å²) in [7, 11) is 0. The molecular weight excluding hydrogens is 220 g/mol. The van der Waals surface area contributed by atoms with Crippen molar-refractivity contribution in [3.8, 4) is 11.5 Å². The van der Waals surface area contributed by atoms with Crippen molar-refractivity contribution >= 4 is 5.97 Å². The maximum Gasteiger partial charge on any atom is 0.338 e. The molecule has 0 aromatic heterocycles. The molecular formula is C13H16O4. The lowest BCUT2D eigenvalue weighted by molar-refractivity contribution is -0.130. The highest BCUT2D eigenvalue weighted by molar-refractivity contribution is 5.88. The highest BCUT2D eigenvalue weighted by Crippen LogP contribution is 2.19. The third-order valence-electron chi connectivity index (χ3n) is 1.98. The third kappa shape index (κ3) is 4.28. The number of esters is 1. The number of carbonyl (C=O) groups excluding carboxylic acids is 1. The molecule has 1 atom stereocenters. The number of hydrogen-bond acceptors (Lipinski definition) is 4. The monoisotopic (exact) mass is 236 g/mol. The average Bonchev–Trinajstić information content (AvgIpc) is 2.31. The summed E-state index contributed by atoms with van der Waals surface area (Å²) in [6.45, 7) is 6.79. The zero-order valence-corrected chi connectivity index (χ0v) is 9.97. The molecule has 1 aromatic carbocycles. The summed E-state index contributed by atoms with van der Waals surface area (Å²) in [5, 5.41) is 8.83. The molecule has 0 amide bonds. The number of hydrogen-bond donors (Lipinski definition) is 1. The van der Waals surface area contributed by atoms with Gasteiger partial charge in [0.1, 0.15) is 17.6 Å². The molecule has 0 saturated heterocycles. The Balaban J connectivity index is 2.62. The number of aliphatic hydroxyl groups is 1. The van der Waals surface area contributed by atoms with Crippen LogP contribution in [-0.2, 0) is 4.79 Å². The summed E-state index contributed by atoms with van der Waals surface area (Å²) in [5.41, 5.74) is 0.347. The van der Waals surface area contributed by atoms with E-state index in [9.17, 15) is 4.79 Å². The van der Waals surface area contributed by atoms with Crippen molar-refractivity contribution in [2.24, 2.45) is 0 Å². The average molecular weight is 236 g/mol. The highest BCUT2D eigenvalue weighted by Gasteiger charge is 2.06. The lowest BCUT2D eigenvalue weighted by Gasteiger charge is -2.12. The molecule has 4 heteroatoms. The van der Waals surface area contributed by atoms with Crippen LogP contribution in [0, 0.1) is 0 Å². The molecule has 1 N–H and O–H groups in total. The zero-order chi connectivity index (χ0) is 12.8. The number of benzene rings is 1. The molecule has 0 bridgehead atoms. The molecule has 0 spiro atoms. The largest absolute Gasteiger partial charge is 0.488 e. The van der Waals surface area contributed by atoms with Gasteiger partial charge < -0.3 is 14.6 Å². The topological polar surface area (TPSA) is 55.8 Å². The van der Waals surface area contributed by atoms with Crippen LogP contribution in [0.5, 0.6) is 11.5 Å². The van der Waals surface area contributed by atoms with Crippen molar-refractivity contribution in [1.29, 1.82) is 0 Å². The van der Waals surface area contributed by atoms with Crippen LogP contribution >= 0.6 is 0 Å². The normalized spacial score (nSPS) is 11.7. The van der Waals surface area contributed by atoms with Crippen molar-refractivity contribution in [3.05, 3.63) is 36.4 Å². The molecule has 1 aromatic rings. The lowest BCUT2D eigenvalue weighted by Crippen LogP contribution is -2.16. The van der Waals surface area contributed by atoms with Gasteiger partial charge in [-0.1, -0.05) is 6.58 Å². The maximum absolute atomic E-state index is 11.2. The minimum atomic E-state index is -0.456. The summed E-state index contributed by atoms with van der Waals surface area (Å²) >= 11 is 0. The molecule has 0 heterocycles. The summed E-state index contributed by atoms with van der Waals surface area (Å²) < 4.78 is 10.4. The van der Waals surface area contributed by atoms with E-state index in [1.807, 2.05) is 0 Å². The van der Waals surface area contributed by atoms with E-state index in [0.717, 1.165) is 0 Å². The second-order valence-corrected chi connectivity index (χ2v) is 3.75. The maximum atomic E-state index is 11.2. The van der Waals surface area contributed by atoms with E-state index in [1.54, 1.807) is 38.1 Å². The summed E-state index contributed by atoms with van der Waals surface area (Å²) in [6, 6.07) is 6.60. The van der Waals surface area contributed by atoms with Crippen LogP contribution in [0.2, 0.25) is 0 Å². The first-order valence-corrected chi connectivity index (χ1v) is 5.28. The predicted octanol–water partition coefficient (Wildman–Crippen LogP) is 1.93. The molecule has 0 fully saturated rings. The van der Waals surface area contributed by atoms with Crippen molar-refractivity contribution in [1.82, 2.24) is 0 Å². The quantitative estimate of drug-likeness (QED) is 0.482. The number of carbonyl (C=O) groups is 1. The minimum Gasteiger partial charge on any atom is -0.488 e. The van der Waals surface area contributed by atoms with Crippen LogP contribution in [0.1, 0.15) is 13.8 Å². The van der Waals surface area contributed by atoms with Gasteiger partial charge in [-0.05, 0) is 38.1 Å². The number of ether oxygens (including phenoxy) is 2. The Hall–Kier alpha value is -1.81. The lowest BCUT2D eigenvalue weighted by atomic mass is 10.3. The first kappa shape index (κ1) is 13.3. The second kappa shape index (κ2) is 6.06. The Bertz CT molecular complexity index is 394. The SMILES string of the molecule is C=C(C)C(=O)Oc1ccc(OC(C)CO)cc1. The smallest absolute Gasteiger partial charge is 0.338 e. The molecule has 17 heavy (non-hydrogen) atoms. The summed E-state index contributed by atoms with van der Waals surface area (Å²) in [4.78, 5) is 11.2. The van der Waals surface area contributed by atoms with Gasteiger partial charge in [0.05, 0.1) is 6.61 Å². The van der Waals surface area contributed by atoms with Gasteiger partial charge >= 0.3 is 5.97 Å².